The van der Waals surface area contributed by atoms with E-state index in [0.29, 0.717) is 38.6 Å². The predicted molar refractivity (Wildman–Crippen MR) is 160 cm³/mol. The maximum atomic E-state index is 13.6. The lowest BCUT2D eigenvalue weighted by Crippen LogP contribution is -2.48. The molecule has 0 atom stereocenters. The monoisotopic (exact) mass is 615 g/mol. The van der Waals surface area contributed by atoms with Crippen LogP contribution < -0.4 is 4.74 Å². The van der Waals surface area contributed by atoms with Gasteiger partial charge in [0.25, 0.3) is 0 Å². The fourth-order valence-electron chi connectivity index (χ4n) is 5.02. The van der Waals surface area contributed by atoms with Gasteiger partial charge in [-0.1, -0.05) is 38.1 Å². The first-order chi connectivity index (χ1) is 21.0. The number of carbonyl (C=O) groups excluding carboxylic acids is 2. The molecule has 11 nitrogen and oxygen atoms in total. The van der Waals surface area contributed by atoms with E-state index in [-0.39, 0.29) is 23.9 Å². The Morgan fingerprint density at radius 3 is 2.11 bits per heavy atom. The van der Waals surface area contributed by atoms with Gasteiger partial charge in [0.1, 0.15) is 18.2 Å². The number of rotatable bonds is 12. The third kappa shape index (κ3) is 11.5. The lowest BCUT2D eigenvalue weighted by Gasteiger charge is -2.39. The van der Waals surface area contributed by atoms with E-state index in [1.54, 1.807) is 17.0 Å². The van der Waals surface area contributed by atoms with E-state index in [1.165, 1.54) is 12.1 Å². The summed E-state index contributed by atoms with van der Waals surface area (Å²) in [6, 6.07) is 14.3. The minimum absolute atomic E-state index is 0.0798. The lowest BCUT2D eigenvalue weighted by atomic mass is 10.0. The summed E-state index contributed by atoms with van der Waals surface area (Å²) in [5, 5.41) is 14.8. The molecule has 44 heavy (non-hydrogen) atoms. The molecule has 0 spiro atoms. The highest BCUT2D eigenvalue weighted by molar-refractivity contribution is 6.27. The molecular formula is C32H42FN3O8. The van der Waals surface area contributed by atoms with Gasteiger partial charge in [-0.15, -0.1) is 0 Å². The van der Waals surface area contributed by atoms with E-state index in [1.807, 2.05) is 29.2 Å². The molecule has 0 unspecified atom stereocenters. The first-order valence-corrected chi connectivity index (χ1v) is 14.9. The van der Waals surface area contributed by atoms with Crippen LogP contribution in [0.5, 0.6) is 5.75 Å². The zero-order chi connectivity index (χ0) is 32.1. The average Bonchev–Trinajstić information content (AvgIpc) is 3.41. The van der Waals surface area contributed by atoms with Crippen LogP contribution in [0.25, 0.3) is 0 Å². The number of hydrogen-bond acceptors (Lipinski definition) is 7. The molecule has 0 saturated carbocycles. The first-order valence-electron chi connectivity index (χ1n) is 14.9. The number of amides is 2. The minimum atomic E-state index is -1.82. The Hall–Kier alpha value is -4.19. The van der Waals surface area contributed by atoms with Crippen LogP contribution in [-0.2, 0) is 32.1 Å². The van der Waals surface area contributed by atoms with Gasteiger partial charge in [0.15, 0.2) is 0 Å². The second-order valence-corrected chi connectivity index (χ2v) is 11.3. The van der Waals surface area contributed by atoms with Crippen molar-refractivity contribution in [2.75, 3.05) is 45.9 Å². The smallest absolute Gasteiger partial charge is 0.414 e. The van der Waals surface area contributed by atoms with Crippen molar-refractivity contribution >= 4 is 23.9 Å². The molecule has 0 radical (unpaired) electrons. The Bertz CT molecular complexity index is 1220. The largest absolute Gasteiger partial charge is 0.493 e. The number of likely N-dealkylation sites (tertiary alicyclic amines) is 1. The van der Waals surface area contributed by atoms with Crippen molar-refractivity contribution in [3.8, 4) is 5.75 Å². The molecule has 0 aromatic heterocycles. The van der Waals surface area contributed by atoms with Crippen molar-refractivity contribution in [3.05, 3.63) is 65.5 Å². The van der Waals surface area contributed by atoms with E-state index >= 15 is 0 Å². The standard InChI is InChI=1S/C30H40FN3O4.C2H2O4/c1-23(2)22-38-28-10-6-24(7-11-28)20-29(35)34(21-25-4-8-26(31)9-5-25)27-12-16-32(17-13-27)14-3-15-33-18-19-37-30(33)36;3-1(4)2(5)6/h4-11,23,27H,3,12-22H2,1-2H3;(H,3,4)(H,5,6). The van der Waals surface area contributed by atoms with Crippen molar-refractivity contribution in [1.29, 1.82) is 0 Å². The van der Waals surface area contributed by atoms with E-state index in [4.69, 9.17) is 29.3 Å². The van der Waals surface area contributed by atoms with Crippen molar-refractivity contribution in [1.82, 2.24) is 14.7 Å². The van der Waals surface area contributed by atoms with Gasteiger partial charge in [0, 0.05) is 32.2 Å². The SMILES string of the molecule is CC(C)COc1ccc(CC(=O)N(Cc2ccc(F)cc2)C2CCN(CCCN3CCOC3=O)CC2)cc1.O=C(O)C(=O)O. The molecule has 4 rings (SSSR count). The maximum Gasteiger partial charge on any atom is 0.414 e. The Morgan fingerprint density at radius 2 is 1.57 bits per heavy atom. The van der Waals surface area contributed by atoms with Gasteiger partial charge in [-0.25, -0.2) is 18.8 Å². The van der Waals surface area contributed by atoms with Gasteiger partial charge in [0.2, 0.25) is 5.91 Å². The topological polar surface area (TPSA) is 137 Å². The van der Waals surface area contributed by atoms with Crippen LogP contribution in [0, 0.1) is 11.7 Å². The van der Waals surface area contributed by atoms with Crippen LogP contribution in [0.4, 0.5) is 9.18 Å². The number of ether oxygens (including phenoxy) is 2. The van der Waals surface area contributed by atoms with Gasteiger partial charge in [-0.3, -0.25) is 4.79 Å². The number of halogens is 1. The van der Waals surface area contributed by atoms with Gasteiger partial charge in [0.05, 0.1) is 19.6 Å². The molecule has 2 N–H and O–H groups in total. The van der Waals surface area contributed by atoms with Gasteiger partial charge >= 0.3 is 18.0 Å². The lowest BCUT2D eigenvalue weighted by molar-refractivity contribution is -0.159. The zero-order valence-corrected chi connectivity index (χ0v) is 25.3. The Labute approximate surface area is 257 Å². The molecule has 12 heteroatoms. The highest BCUT2D eigenvalue weighted by Gasteiger charge is 2.28. The minimum Gasteiger partial charge on any atom is -0.493 e. The number of hydrogen-bond donors (Lipinski definition) is 2. The Kier molecular flexibility index (Phi) is 13.4. The number of carboxylic acid groups (broad SMARTS) is 2. The van der Waals surface area contributed by atoms with E-state index in [2.05, 4.69) is 18.7 Å². The number of carbonyl (C=O) groups is 4. The number of piperidine rings is 1. The molecule has 2 aliphatic rings. The molecule has 2 heterocycles. The Morgan fingerprint density at radius 1 is 0.955 bits per heavy atom. The number of cyclic esters (lactones) is 1. The summed E-state index contributed by atoms with van der Waals surface area (Å²) in [6.45, 7) is 9.97. The fraction of sp³-hybridized carbons (Fsp3) is 0.500. The third-order valence-electron chi connectivity index (χ3n) is 7.38. The van der Waals surface area contributed by atoms with Crippen LogP contribution in [0.2, 0.25) is 0 Å². The predicted octanol–water partition coefficient (Wildman–Crippen LogP) is 3.89. The number of nitrogens with zero attached hydrogens (tertiary/aromatic N) is 3. The number of carboxylic acids is 2. The molecule has 2 fully saturated rings. The van der Waals surface area contributed by atoms with Crippen LogP contribution >= 0.6 is 0 Å². The van der Waals surface area contributed by atoms with Crippen molar-refractivity contribution in [2.45, 2.75) is 52.1 Å². The second-order valence-electron chi connectivity index (χ2n) is 11.3. The molecule has 0 aliphatic carbocycles. The van der Waals surface area contributed by atoms with Crippen molar-refractivity contribution in [3.63, 3.8) is 0 Å². The van der Waals surface area contributed by atoms with Gasteiger partial charge < -0.3 is 34.4 Å². The fourth-order valence-corrected chi connectivity index (χ4v) is 5.02. The van der Waals surface area contributed by atoms with Crippen LogP contribution in [0.15, 0.2) is 48.5 Å². The molecule has 2 amide bonds. The van der Waals surface area contributed by atoms with E-state index in [9.17, 15) is 14.0 Å². The normalized spacial score (nSPS) is 15.4. The highest BCUT2D eigenvalue weighted by Crippen LogP contribution is 2.22. The molecular weight excluding hydrogens is 573 g/mol. The van der Waals surface area contributed by atoms with Crippen LogP contribution in [-0.4, -0.2) is 101 Å². The summed E-state index contributed by atoms with van der Waals surface area (Å²) < 4.78 is 24.3. The summed E-state index contributed by atoms with van der Waals surface area (Å²) in [4.78, 5) is 49.6. The van der Waals surface area contributed by atoms with Gasteiger partial charge in [-0.2, -0.15) is 0 Å². The molecule has 2 aromatic carbocycles. The van der Waals surface area contributed by atoms with Crippen molar-refractivity contribution < 1.29 is 43.3 Å². The number of benzene rings is 2. The second kappa shape index (κ2) is 17.2. The summed E-state index contributed by atoms with van der Waals surface area (Å²) in [5.41, 5.74) is 1.88. The molecule has 0 bridgehead atoms. The molecule has 2 aromatic rings. The average molecular weight is 616 g/mol. The number of aliphatic carboxylic acids is 2. The molecule has 2 saturated heterocycles. The van der Waals surface area contributed by atoms with Crippen molar-refractivity contribution in [2.24, 2.45) is 5.92 Å². The highest BCUT2D eigenvalue weighted by atomic mass is 19.1. The maximum absolute atomic E-state index is 13.6. The third-order valence-corrected chi connectivity index (χ3v) is 7.38. The Balaban J connectivity index is 0.000000801. The summed E-state index contributed by atoms with van der Waals surface area (Å²) in [6.07, 6.45) is 2.80. The first kappa shape index (κ1) is 34.3. The molecule has 240 valence electrons. The van der Waals surface area contributed by atoms with E-state index in [0.717, 1.165) is 62.3 Å². The molecule has 2 aliphatic heterocycles. The van der Waals surface area contributed by atoms with E-state index < -0.39 is 11.9 Å². The van der Waals surface area contributed by atoms with Crippen LogP contribution in [0.3, 0.4) is 0 Å². The zero-order valence-electron chi connectivity index (χ0n) is 25.3. The van der Waals surface area contributed by atoms with Crippen LogP contribution in [0.1, 0.15) is 44.2 Å². The summed E-state index contributed by atoms with van der Waals surface area (Å²) in [7, 11) is 0. The summed E-state index contributed by atoms with van der Waals surface area (Å²) >= 11 is 0. The quantitative estimate of drug-likeness (QED) is 0.341. The summed E-state index contributed by atoms with van der Waals surface area (Å²) in [5.74, 6) is -2.58. The van der Waals surface area contributed by atoms with Gasteiger partial charge in [-0.05, 0) is 67.1 Å².